The van der Waals surface area contributed by atoms with Crippen LogP contribution in [0.1, 0.15) is 22.7 Å². The van der Waals surface area contributed by atoms with Crippen LogP contribution in [0.3, 0.4) is 0 Å². The SMILES string of the molecule is COc1cc(I)c(CC2NCCc3cc(OC)c(OC)cc32)cc1OC. The van der Waals surface area contributed by atoms with E-state index >= 15 is 0 Å². The summed E-state index contributed by atoms with van der Waals surface area (Å²) in [6, 6.07) is 8.50. The summed E-state index contributed by atoms with van der Waals surface area (Å²) in [4.78, 5) is 0. The monoisotopic (exact) mass is 469 g/mol. The average Bonchev–Trinajstić information content (AvgIpc) is 2.68. The molecule has 2 aromatic carbocycles. The summed E-state index contributed by atoms with van der Waals surface area (Å²) in [7, 11) is 6.67. The van der Waals surface area contributed by atoms with Gasteiger partial charge in [0, 0.05) is 9.61 Å². The number of hydrogen-bond donors (Lipinski definition) is 1. The van der Waals surface area contributed by atoms with Crippen molar-refractivity contribution in [1.82, 2.24) is 5.32 Å². The van der Waals surface area contributed by atoms with Gasteiger partial charge in [0.25, 0.3) is 0 Å². The lowest BCUT2D eigenvalue weighted by atomic mass is 9.89. The molecule has 1 atom stereocenters. The molecule has 2 aromatic rings. The van der Waals surface area contributed by atoms with E-state index in [0.717, 1.165) is 46.0 Å². The number of benzene rings is 2. The van der Waals surface area contributed by atoms with Gasteiger partial charge in [-0.1, -0.05) is 0 Å². The third-order valence-electron chi connectivity index (χ3n) is 4.78. The molecule has 0 saturated carbocycles. The Kier molecular flexibility index (Phi) is 6.13. The minimum Gasteiger partial charge on any atom is -0.493 e. The van der Waals surface area contributed by atoms with E-state index in [1.54, 1.807) is 28.4 Å². The van der Waals surface area contributed by atoms with Gasteiger partial charge in [0.1, 0.15) is 0 Å². The molecule has 0 amide bonds. The van der Waals surface area contributed by atoms with Gasteiger partial charge in [-0.05, 0) is 82.9 Å². The fraction of sp³-hybridized carbons (Fsp3) is 0.400. The van der Waals surface area contributed by atoms with Gasteiger partial charge >= 0.3 is 0 Å². The Morgan fingerprint density at radius 1 is 0.885 bits per heavy atom. The third kappa shape index (κ3) is 3.71. The highest BCUT2D eigenvalue weighted by Crippen LogP contribution is 2.38. The lowest BCUT2D eigenvalue weighted by molar-refractivity contribution is 0.351. The van der Waals surface area contributed by atoms with Gasteiger partial charge < -0.3 is 24.3 Å². The zero-order chi connectivity index (χ0) is 18.7. The van der Waals surface area contributed by atoms with E-state index < -0.39 is 0 Å². The summed E-state index contributed by atoms with van der Waals surface area (Å²) in [5.74, 6) is 3.06. The van der Waals surface area contributed by atoms with Crippen LogP contribution in [0.25, 0.3) is 0 Å². The van der Waals surface area contributed by atoms with Gasteiger partial charge in [0.05, 0.1) is 28.4 Å². The third-order valence-corrected chi connectivity index (χ3v) is 5.79. The fourth-order valence-corrected chi connectivity index (χ4v) is 4.08. The zero-order valence-electron chi connectivity index (χ0n) is 15.5. The van der Waals surface area contributed by atoms with Gasteiger partial charge in [-0.2, -0.15) is 0 Å². The molecule has 0 aliphatic carbocycles. The highest BCUT2D eigenvalue weighted by Gasteiger charge is 2.24. The standard InChI is InChI=1S/C20H24INO4/c1-23-17-8-12-5-6-22-16(14(12)10-19(17)25-3)7-13-9-18(24-2)20(26-4)11-15(13)21/h8-11,16,22H,5-7H2,1-4H3. The Hall–Kier alpha value is -1.67. The van der Waals surface area contributed by atoms with Gasteiger partial charge in [-0.15, -0.1) is 0 Å². The number of methoxy groups -OCH3 is 4. The molecule has 26 heavy (non-hydrogen) atoms. The highest BCUT2D eigenvalue weighted by molar-refractivity contribution is 14.1. The van der Waals surface area contributed by atoms with Crippen LogP contribution in [0.2, 0.25) is 0 Å². The van der Waals surface area contributed by atoms with Gasteiger partial charge in [-0.25, -0.2) is 0 Å². The first-order valence-corrected chi connectivity index (χ1v) is 9.57. The van der Waals surface area contributed by atoms with Crippen molar-refractivity contribution < 1.29 is 18.9 Å². The first kappa shape index (κ1) is 19.1. The molecule has 1 unspecified atom stereocenters. The number of fused-ring (bicyclic) bond motifs is 1. The second-order valence-corrected chi connectivity index (χ2v) is 7.33. The average molecular weight is 469 g/mol. The van der Waals surface area contributed by atoms with Crippen LogP contribution >= 0.6 is 22.6 Å². The Balaban J connectivity index is 1.96. The van der Waals surface area contributed by atoms with E-state index in [4.69, 9.17) is 18.9 Å². The van der Waals surface area contributed by atoms with Crippen molar-refractivity contribution >= 4 is 22.6 Å². The Morgan fingerprint density at radius 2 is 1.46 bits per heavy atom. The van der Waals surface area contributed by atoms with Crippen molar-refractivity contribution in [1.29, 1.82) is 0 Å². The lowest BCUT2D eigenvalue weighted by Gasteiger charge is -2.28. The molecule has 6 heteroatoms. The van der Waals surface area contributed by atoms with E-state index in [0.29, 0.717) is 0 Å². The second kappa shape index (κ2) is 8.35. The van der Waals surface area contributed by atoms with Crippen molar-refractivity contribution in [2.75, 3.05) is 35.0 Å². The van der Waals surface area contributed by atoms with Crippen molar-refractivity contribution in [3.8, 4) is 23.0 Å². The smallest absolute Gasteiger partial charge is 0.161 e. The quantitative estimate of drug-likeness (QED) is 0.654. The summed E-state index contributed by atoms with van der Waals surface area (Å²) in [6.07, 6.45) is 1.84. The topological polar surface area (TPSA) is 49.0 Å². The first-order chi connectivity index (χ1) is 12.6. The molecule has 0 spiro atoms. The molecule has 0 aromatic heterocycles. The number of nitrogens with one attached hydrogen (secondary N) is 1. The Bertz CT molecular complexity index is 794. The molecule has 0 saturated heterocycles. The molecule has 1 heterocycles. The van der Waals surface area contributed by atoms with E-state index in [-0.39, 0.29) is 6.04 Å². The summed E-state index contributed by atoms with van der Waals surface area (Å²) in [5.41, 5.74) is 3.80. The van der Waals surface area contributed by atoms with Crippen LogP contribution in [0, 0.1) is 3.57 Å². The van der Waals surface area contributed by atoms with E-state index in [1.807, 2.05) is 6.07 Å². The second-order valence-electron chi connectivity index (χ2n) is 6.17. The van der Waals surface area contributed by atoms with Crippen LogP contribution in [0.5, 0.6) is 23.0 Å². The predicted octanol–water partition coefficient (Wildman–Crippen LogP) is 3.76. The lowest BCUT2D eigenvalue weighted by Crippen LogP contribution is -2.31. The molecule has 0 bridgehead atoms. The summed E-state index contributed by atoms with van der Waals surface area (Å²) in [5, 5.41) is 3.63. The summed E-state index contributed by atoms with van der Waals surface area (Å²) >= 11 is 2.36. The van der Waals surface area contributed by atoms with Gasteiger partial charge in [-0.3, -0.25) is 0 Å². The minimum absolute atomic E-state index is 0.213. The van der Waals surface area contributed by atoms with Crippen LogP contribution in [-0.2, 0) is 12.8 Å². The van der Waals surface area contributed by atoms with Crippen molar-refractivity contribution in [2.24, 2.45) is 0 Å². The first-order valence-electron chi connectivity index (χ1n) is 8.49. The van der Waals surface area contributed by atoms with Gasteiger partial charge in [0.15, 0.2) is 23.0 Å². The molecular formula is C20H24INO4. The molecule has 0 fully saturated rings. The van der Waals surface area contributed by atoms with Crippen molar-refractivity contribution in [3.05, 3.63) is 44.5 Å². The maximum atomic E-state index is 5.50. The van der Waals surface area contributed by atoms with Crippen molar-refractivity contribution in [2.45, 2.75) is 18.9 Å². The minimum atomic E-state index is 0.213. The Labute approximate surface area is 168 Å². The largest absolute Gasteiger partial charge is 0.493 e. The highest BCUT2D eigenvalue weighted by atomic mass is 127. The predicted molar refractivity (Wildman–Crippen MR) is 110 cm³/mol. The molecule has 0 radical (unpaired) electrons. The zero-order valence-corrected chi connectivity index (χ0v) is 17.7. The Morgan fingerprint density at radius 3 is 2.12 bits per heavy atom. The molecule has 1 N–H and O–H groups in total. The van der Waals surface area contributed by atoms with Crippen molar-refractivity contribution in [3.63, 3.8) is 0 Å². The van der Waals surface area contributed by atoms with Crippen LogP contribution in [0.15, 0.2) is 24.3 Å². The summed E-state index contributed by atoms with van der Waals surface area (Å²) < 4.78 is 23.0. The van der Waals surface area contributed by atoms with E-state index in [1.165, 1.54) is 16.7 Å². The number of hydrogen-bond acceptors (Lipinski definition) is 5. The fourth-order valence-electron chi connectivity index (χ4n) is 3.42. The molecule has 1 aliphatic rings. The van der Waals surface area contributed by atoms with E-state index in [2.05, 4.69) is 46.1 Å². The molecule has 5 nitrogen and oxygen atoms in total. The number of halogens is 1. The van der Waals surface area contributed by atoms with Crippen LogP contribution < -0.4 is 24.3 Å². The molecule has 1 aliphatic heterocycles. The molecule has 3 rings (SSSR count). The summed E-state index contributed by atoms with van der Waals surface area (Å²) in [6.45, 7) is 0.941. The maximum Gasteiger partial charge on any atom is 0.161 e. The van der Waals surface area contributed by atoms with Gasteiger partial charge in [0.2, 0.25) is 0 Å². The van der Waals surface area contributed by atoms with Crippen LogP contribution in [0.4, 0.5) is 0 Å². The maximum absolute atomic E-state index is 5.50. The normalized spacial score (nSPS) is 16.0. The number of rotatable bonds is 6. The molecular weight excluding hydrogens is 445 g/mol. The van der Waals surface area contributed by atoms with Crippen LogP contribution in [-0.4, -0.2) is 35.0 Å². The number of ether oxygens (including phenoxy) is 4. The van der Waals surface area contributed by atoms with E-state index in [9.17, 15) is 0 Å². The molecule has 140 valence electrons.